The largest absolute Gasteiger partial charge is 0.324 e. The van der Waals surface area contributed by atoms with E-state index in [1.807, 2.05) is 65.5 Å². The van der Waals surface area contributed by atoms with E-state index in [9.17, 15) is 9.59 Å². The molecule has 0 bridgehead atoms. The van der Waals surface area contributed by atoms with Gasteiger partial charge in [0.15, 0.2) is 0 Å². The van der Waals surface area contributed by atoms with Gasteiger partial charge >= 0.3 is 0 Å². The van der Waals surface area contributed by atoms with Gasteiger partial charge in [0.05, 0.1) is 0 Å². The van der Waals surface area contributed by atoms with Crippen molar-refractivity contribution in [1.29, 1.82) is 0 Å². The Morgan fingerprint density at radius 2 is 1.69 bits per heavy atom. The van der Waals surface area contributed by atoms with Gasteiger partial charge in [0.1, 0.15) is 0 Å². The van der Waals surface area contributed by atoms with Gasteiger partial charge in [-0.3, -0.25) is 9.59 Å². The first-order chi connectivity index (χ1) is 12.7. The summed E-state index contributed by atoms with van der Waals surface area (Å²) in [5, 5.41) is 2.91. The van der Waals surface area contributed by atoms with Crippen LogP contribution in [-0.2, 0) is 4.79 Å². The van der Waals surface area contributed by atoms with Gasteiger partial charge in [-0.2, -0.15) is 0 Å². The molecule has 1 N–H and O–H groups in total. The highest BCUT2D eigenvalue weighted by atomic mass is 16.2. The van der Waals surface area contributed by atoms with Gasteiger partial charge in [0.25, 0.3) is 5.91 Å². The third-order valence-electron chi connectivity index (χ3n) is 4.52. The van der Waals surface area contributed by atoms with Crippen molar-refractivity contribution in [2.75, 3.05) is 16.8 Å². The molecule has 0 saturated carbocycles. The first-order valence-electron chi connectivity index (χ1n) is 8.66. The quantitative estimate of drug-likeness (QED) is 0.781. The maximum atomic E-state index is 12.5. The fourth-order valence-electron chi connectivity index (χ4n) is 3.17. The average Bonchev–Trinajstić information content (AvgIpc) is 3.34. The number of carbonyl (C=O) groups excluding carboxylic acids is 2. The van der Waals surface area contributed by atoms with Gasteiger partial charge < -0.3 is 14.8 Å². The van der Waals surface area contributed by atoms with Crippen LogP contribution in [0.3, 0.4) is 0 Å². The van der Waals surface area contributed by atoms with Crippen LogP contribution in [0.5, 0.6) is 0 Å². The number of carbonyl (C=O) groups is 2. The van der Waals surface area contributed by atoms with E-state index in [-0.39, 0.29) is 11.8 Å². The molecule has 1 aliphatic rings. The summed E-state index contributed by atoms with van der Waals surface area (Å²) >= 11 is 0. The zero-order chi connectivity index (χ0) is 17.9. The zero-order valence-corrected chi connectivity index (χ0v) is 14.3. The summed E-state index contributed by atoms with van der Waals surface area (Å²) in [5.41, 5.74) is 3.10. The van der Waals surface area contributed by atoms with E-state index in [0.717, 1.165) is 24.3 Å². The molecule has 3 aromatic rings. The van der Waals surface area contributed by atoms with Crippen LogP contribution in [0.2, 0.25) is 0 Å². The Balaban J connectivity index is 1.49. The van der Waals surface area contributed by atoms with Crippen molar-refractivity contribution in [2.24, 2.45) is 0 Å². The highest BCUT2D eigenvalue weighted by Crippen LogP contribution is 2.24. The molecule has 0 spiro atoms. The topological polar surface area (TPSA) is 54.3 Å². The first kappa shape index (κ1) is 16.1. The van der Waals surface area contributed by atoms with Crippen LogP contribution < -0.4 is 10.2 Å². The lowest BCUT2D eigenvalue weighted by Crippen LogP contribution is -2.23. The minimum absolute atomic E-state index is 0.133. The Morgan fingerprint density at radius 3 is 2.38 bits per heavy atom. The summed E-state index contributed by atoms with van der Waals surface area (Å²) < 4.78 is 1.98. The third-order valence-corrected chi connectivity index (χ3v) is 4.52. The molecule has 1 fully saturated rings. The smallest absolute Gasteiger partial charge is 0.255 e. The van der Waals surface area contributed by atoms with Gasteiger partial charge in [0, 0.05) is 48.0 Å². The van der Waals surface area contributed by atoms with Crippen molar-refractivity contribution in [2.45, 2.75) is 12.8 Å². The van der Waals surface area contributed by atoms with E-state index < -0.39 is 0 Å². The Hall–Kier alpha value is -3.34. The van der Waals surface area contributed by atoms with Gasteiger partial charge in [-0.05, 0) is 61.0 Å². The number of anilines is 2. The van der Waals surface area contributed by atoms with Gasteiger partial charge in [0.2, 0.25) is 5.91 Å². The molecule has 5 heteroatoms. The van der Waals surface area contributed by atoms with Crippen molar-refractivity contribution >= 4 is 23.2 Å². The second-order valence-corrected chi connectivity index (χ2v) is 6.29. The van der Waals surface area contributed by atoms with Gasteiger partial charge in [-0.25, -0.2) is 0 Å². The van der Waals surface area contributed by atoms with Crippen molar-refractivity contribution in [3.05, 3.63) is 78.6 Å². The molecule has 1 aromatic heterocycles. The lowest BCUT2D eigenvalue weighted by atomic mass is 10.2. The predicted octanol–water partition coefficient (Wildman–Crippen LogP) is 3.86. The fourth-order valence-corrected chi connectivity index (χ4v) is 3.17. The Morgan fingerprint density at radius 1 is 0.923 bits per heavy atom. The molecule has 0 aliphatic carbocycles. The maximum absolute atomic E-state index is 12.5. The van der Waals surface area contributed by atoms with Crippen molar-refractivity contribution in [3.63, 3.8) is 0 Å². The number of rotatable bonds is 4. The summed E-state index contributed by atoms with van der Waals surface area (Å²) in [6, 6.07) is 18.8. The molecular formula is C21H19N3O2. The molecule has 0 atom stereocenters. The van der Waals surface area contributed by atoms with Crippen LogP contribution in [0.4, 0.5) is 11.4 Å². The summed E-state index contributed by atoms with van der Waals surface area (Å²) in [7, 11) is 0. The Bertz CT molecular complexity index is 930. The van der Waals surface area contributed by atoms with Crippen LogP contribution in [0, 0.1) is 0 Å². The zero-order valence-electron chi connectivity index (χ0n) is 14.3. The van der Waals surface area contributed by atoms with E-state index in [1.165, 1.54) is 0 Å². The highest BCUT2D eigenvalue weighted by molar-refractivity contribution is 6.05. The maximum Gasteiger partial charge on any atom is 0.255 e. The van der Waals surface area contributed by atoms with Crippen molar-refractivity contribution in [3.8, 4) is 5.69 Å². The van der Waals surface area contributed by atoms with Gasteiger partial charge in [-0.1, -0.05) is 6.07 Å². The normalized spacial score (nSPS) is 13.8. The number of hydrogen-bond donors (Lipinski definition) is 1. The first-order valence-corrected chi connectivity index (χ1v) is 8.66. The van der Waals surface area contributed by atoms with Crippen LogP contribution in [0.25, 0.3) is 5.69 Å². The molecular weight excluding hydrogens is 326 g/mol. The SMILES string of the molecule is O=C(Nc1cccc(N2CCCC2=O)c1)c1ccc(-n2cccc2)cc1. The van der Waals surface area contributed by atoms with Crippen LogP contribution in [0.1, 0.15) is 23.2 Å². The van der Waals surface area contributed by atoms with Gasteiger partial charge in [-0.15, -0.1) is 0 Å². The van der Waals surface area contributed by atoms with E-state index in [2.05, 4.69) is 5.32 Å². The summed E-state index contributed by atoms with van der Waals surface area (Å²) in [4.78, 5) is 26.2. The number of aromatic nitrogens is 1. The van der Waals surface area contributed by atoms with E-state index in [0.29, 0.717) is 17.7 Å². The second-order valence-electron chi connectivity index (χ2n) is 6.29. The molecule has 1 aliphatic heterocycles. The molecule has 2 amide bonds. The predicted molar refractivity (Wildman–Crippen MR) is 102 cm³/mol. The molecule has 2 aromatic carbocycles. The van der Waals surface area contributed by atoms with Crippen LogP contribution in [-0.4, -0.2) is 22.9 Å². The molecule has 0 radical (unpaired) electrons. The number of benzene rings is 2. The van der Waals surface area contributed by atoms with E-state index in [1.54, 1.807) is 17.0 Å². The minimum Gasteiger partial charge on any atom is -0.324 e. The third kappa shape index (κ3) is 3.24. The molecule has 130 valence electrons. The summed E-state index contributed by atoms with van der Waals surface area (Å²) in [5.74, 6) is -0.0389. The molecule has 4 rings (SSSR count). The minimum atomic E-state index is -0.172. The molecule has 26 heavy (non-hydrogen) atoms. The molecule has 0 unspecified atom stereocenters. The Labute approximate surface area is 151 Å². The average molecular weight is 345 g/mol. The summed E-state index contributed by atoms with van der Waals surface area (Å²) in [6.45, 7) is 0.733. The monoisotopic (exact) mass is 345 g/mol. The molecule has 2 heterocycles. The highest BCUT2D eigenvalue weighted by Gasteiger charge is 2.21. The van der Waals surface area contributed by atoms with E-state index in [4.69, 9.17) is 0 Å². The lowest BCUT2D eigenvalue weighted by molar-refractivity contribution is -0.117. The standard InChI is InChI=1S/C21H19N3O2/c25-20-7-4-14-24(20)19-6-3-5-17(15-19)22-21(26)16-8-10-18(11-9-16)23-12-1-2-13-23/h1-3,5-6,8-13,15H,4,7,14H2,(H,22,26). The number of amides is 2. The number of nitrogens with one attached hydrogen (secondary N) is 1. The van der Waals surface area contributed by atoms with E-state index >= 15 is 0 Å². The Kier molecular flexibility index (Phi) is 4.27. The molecule has 5 nitrogen and oxygen atoms in total. The fraction of sp³-hybridized carbons (Fsp3) is 0.143. The number of hydrogen-bond acceptors (Lipinski definition) is 2. The second kappa shape index (κ2) is 6.88. The summed E-state index contributed by atoms with van der Waals surface area (Å²) in [6.07, 6.45) is 5.38. The lowest BCUT2D eigenvalue weighted by Gasteiger charge is -2.16. The number of nitrogens with zero attached hydrogens (tertiary/aromatic N) is 2. The van der Waals surface area contributed by atoms with Crippen LogP contribution in [0.15, 0.2) is 73.1 Å². The molecule has 1 saturated heterocycles. The van der Waals surface area contributed by atoms with Crippen molar-refractivity contribution < 1.29 is 9.59 Å². The van der Waals surface area contributed by atoms with Crippen molar-refractivity contribution in [1.82, 2.24) is 4.57 Å². The van der Waals surface area contributed by atoms with Crippen LogP contribution >= 0.6 is 0 Å².